The number of alkyl halides is 2. The molecule has 0 unspecified atom stereocenters. The van der Waals surface area contributed by atoms with Crippen LogP contribution in [0.3, 0.4) is 0 Å². The van der Waals surface area contributed by atoms with E-state index in [2.05, 4.69) is 9.97 Å². The quantitative estimate of drug-likeness (QED) is 0.699. The summed E-state index contributed by atoms with van der Waals surface area (Å²) in [5.74, 6) is 0. The SMILES string of the molecule is OCc1cncc(C(F)F)n1. The molecule has 0 amide bonds. The molecule has 0 saturated carbocycles. The second kappa shape index (κ2) is 3.34. The lowest BCUT2D eigenvalue weighted by atomic mass is 10.4. The van der Waals surface area contributed by atoms with Gasteiger partial charge in [-0.3, -0.25) is 4.98 Å². The third-order valence-corrected chi connectivity index (χ3v) is 1.09. The van der Waals surface area contributed by atoms with Crippen molar-refractivity contribution in [3.8, 4) is 0 Å². The number of hydrogen-bond donors (Lipinski definition) is 1. The van der Waals surface area contributed by atoms with Gasteiger partial charge in [-0.15, -0.1) is 0 Å². The Balaban J connectivity index is 2.91. The molecule has 0 aliphatic heterocycles. The summed E-state index contributed by atoms with van der Waals surface area (Å²) in [5.41, 5.74) is -0.251. The second-order valence-corrected chi connectivity index (χ2v) is 1.89. The largest absolute Gasteiger partial charge is 0.390 e. The molecule has 1 aromatic rings. The van der Waals surface area contributed by atoms with Crippen molar-refractivity contribution in [2.75, 3.05) is 0 Å². The van der Waals surface area contributed by atoms with Gasteiger partial charge in [0.2, 0.25) is 0 Å². The Morgan fingerprint density at radius 2 is 2.18 bits per heavy atom. The van der Waals surface area contributed by atoms with Gasteiger partial charge in [0.25, 0.3) is 6.43 Å². The van der Waals surface area contributed by atoms with Gasteiger partial charge in [-0.05, 0) is 0 Å². The summed E-state index contributed by atoms with van der Waals surface area (Å²) in [6.45, 7) is -0.368. The molecule has 0 bridgehead atoms. The molecule has 5 heteroatoms. The molecule has 0 aliphatic rings. The van der Waals surface area contributed by atoms with Gasteiger partial charge in [0.15, 0.2) is 0 Å². The zero-order valence-corrected chi connectivity index (χ0v) is 5.54. The molecule has 0 spiro atoms. The van der Waals surface area contributed by atoms with Crippen molar-refractivity contribution in [2.24, 2.45) is 0 Å². The first-order valence-electron chi connectivity index (χ1n) is 2.94. The molecule has 0 fully saturated rings. The molecule has 0 saturated heterocycles. The smallest absolute Gasteiger partial charge is 0.281 e. The Labute approximate surface area is 61.7 Å². The molecule has 11 heavy (non-hydrogen) atoms. The Bertz CT molecular complexity index is 242. The fraction of sp³-hybridized carbons (Fsp3) is 0.333. The maximum atomic E-state index is 11.9. The van der Waals surface area contributed by atoms with E-state index in [1.807, 2.05) is 0 Å². The Morgan fingerprint density at radius 3 is 2.73 bits per heavy atom. The molecule has 0 aliphatic carbocycles. The first-order chi connectivity index (χ1) is 5.24. The average Bonchev–Trinajstić information content (AvgIpc) is 2.05. The highest BCUT2D eigenvalue weighted by Crippen LogP contribution is 2.14. The Morgan fingerprint density at radius 1 is 1.45 bits per heavy atom. The van der Waals surface area contributed by atoms with Crippen molar-refractivity contribution in [3.63, 3.8) is 0 Å². The van der Waals surface area contributed by atoms with Gasteiger partial charge in [-0.25, -0.2) is 13.8 Å². The van der Waals surface area contributed by atoms with E-state index in [9.17, 15) is 8.78 Å². The van der Waals surface area contributed by atoms with Crippen LogP contribution in [0.15, 0.2) is 12.4 Å². The zero-order chi connectivity index (χ0) is 8.27. The lowest BCUT2D eigenvalue weighted by molar-refractivity contribution is 0.144. The minimum absolute atomic E-state index is 0.155. The third-order valence-electron chi connectivity index (χ3n) is 1.09. The van der Waals surface area contributed by atoms with Crippen LogP contribution in [-0.2, 0) is 6.61 Å². The summed E-state index contributed by atoms with van der Waals surface area (Å²) in [6.07, 6.45) is -0.413. The first kappa shape index (κ1) is 8.00. The third kappa shape index (κ3) is 1.91. The van der Waals surface area contributed by atoms with E-state index in [0.29, 0.717) is 0 Å². The fourth-order valence-corrected chi connectivity index (χ4v) is 0.605. The van der Waals surface area contributed by atoms with Gasteiger partial charge < -0.3 is 5.11 Å². The van der Waals surface area contributed by atoms with Crippen LogP contribution >= 0.6 is 0 Å². The summed E-state index contributed by atoms with van der Waals surface area (Å²) < 4.78 is 23.8. The molecule has 1 N–H and O–H groups in total. The number of aromatic nitrogens is 2. The lowest BCUT2D eigenvalue weighted by Crippen LogP contribution is -1.96. The number of rotatable bonds is 2. The van der Waals surface area contributed by atoms with E-state index in [0.717, 1.165) is 6.20 Å². The minimum Gasteiger partial charge on any atom is -0.390 e. The molecular formula is C6H6F2N2O. The van der Waals surface area contributed by atoms with Crippen molar-refractivity contribution in [1.82, 2.24) is 9.97 Å². The van der Waals surface area contributed by atoms with Crippen molar-refractivity contribution in [3.05, 3.63) is 23.8 Å². The lowest BCUT2D eigenvalue weighted by Gasteiger charge is -1.98. The van der Waals surface area contributed by atoms with E-state index in [4.69, 9.17) is 5.11 Å². The number of halogens is 2. The normalized spacial score (nSPS) is 10.5. The Kier molecular flexibility index (Phi) is 2.43. The maximum absolute atomic E-state index is 11.9. The van der Waals surface area contributed by atoms with Crippen LogP contribution < -0.4 is 0 Å². The van der Waals surface area contributed by atoms with Crippen LogP contribution in [0.1, 0.15) is 17.8 Å². The summed E-state index contributed by atoms with van der Waals surface area (Å²) in [5, 5.41) is 8.50. The van der Waals surface area contributed by atoms with E-state index < -0.39 is 12.1 Å². The molecular weight excluding hydrogens is 154 g/mol. The monoisotopic (exact) mass is 160 g/mol. The van der Waals surface area contributed by atoms with Gasteiger partial charge in [-0.2, -0.15) is 0 Å². The van der Waals surface area contributed by atoms with Crippen LogP contribution in [0.25, 0.3) is 0 Å². The van der Waals surface area contributed by atoms with E-state index in [1.54, 1.807) is 0 Å². The molecule has 0 atom stereocenters. The van der Waals surface area contributed by atoms with E-state index in [1.165, 1.54) is 6.20 Å². The van der Waals surface area contributed by atoms with Crippen LogP contribution in [0.4, 0.5) is 8.78 Å². The van der Waals surface area contributed by atoms with Crippen LogP contribution in [0.2, 0.25) is 0 Å². The van der Waals surface area contributed by atoms with Gasteiger partial charge in [0.1, 0.15) is 5.69 Å². The first-order valence-corrected chi connectivity index (χ1v) is 2.94. The zero-order valence-electron chi connectivity index (χ0n) is 5.54. The highest BCUT2D eigenvalue weighted by atomic mass is 19.3. The number of hydrogen-bond acceptors (Lipinski definition) is 3. The number of nitrogens with zero attached hydrogens (tertiary/aromatic N) is 2. The molecule has 0 aromatic carbocycles. The average molecular weight is 160 g/mol. The molecule has 60 valence electrons. The van der Waals surface area contributed by atoms with Gasteiger partial charge in [-0.1, -0.05) is 0 Å². The van der Waals surface area contributed by atoms with Gasteiger partial charge in [0.05, 0.1) is 24.7 Å². The highest BCUT2D eigenvalue weighted by molar-refractivity contribution is 5.02. The fourth-order valence-electron chi connectivity index (χ4n) is 0.605. The van der Waals surface area contributed by atoms with Crippen molar-refractivity contribution >= 4 is 0 Å². The highest BCUT2D eigenvalue weighted by Gasteiger charge is 2.08. The van der Waals surface area contributed by atoms with Crippen molar-refractivity contribution in [2.45, 2.75) is 13.0 Å². The van der Waals surface area contributed by atoms with E-state index >= 15 is 0 Å². The summed E-state index contributed by atoms with van der Waals surface area (Å²) in [6, 6.07) is 0. The molecule has 1 aromatic heterocycles. The topological polar surface area (TPSA) is 46.0 Å². The van der Waals surface area contributed by atoms with Gasteiger partial charge >= 0.3 is 0 Å². The summed E-state index contributed by atoms with van der Waals surface area (Å²) in [7, 11) is 0. The van der Waals surface area contributed by atoms with Gasteiger partial charge in [0, 0.05) is 0 Å². The molecule has 3 nitrogen and oxygen atoms in total. The summed E-state index contributed by atoms with van der Waals surface area (Å²) in [4.78, 5) is 6.90. The van der Waals surface area contributed by atoms with Crippen LogP contribution in [0, 0.1) is 0 Å². The Hall–Kier alpha value is -1.10. The maximum Gasteiger partial charge on any atom is 0.281 e. The minimum atomic E-state index is -2.63. The number of aliphatic hydroxyl groups excluding tert-OH is 1. The van der Waals surface area contributed by atoms with Crippen LogP contribution in [0.5, 0.6) is 0 Å². The molecule has 1 rings (SSSR count). The number of aliphatic hydroxyl groups is 1. The van der Waals surface area contributed by atoms with E-state index in [-0.39, 0.29) is 12.3 Å². The van der Waals surface area contributed by atoms with Crippen molar-refractivity contribution in [1.29, 1.82) is 0 Å². The predicted octanol–water partition coefficient (Wildman–Crippen LogP) is 0.906. The summed E-state index contributed by atoms with van der Waals surface area (Å²) >= 11 is 0. The van der Waals surface area contributed by atoms with Crippen LogP contribution in [-0.4, -0.2) is 15.1 Å². The molecule has 1 heterocycles. The second-order valence-electron chi connectivity index (χ2n) is 1.89. The molecule has 0 radical (unpaired) electrons. The standard InChI is InChI=1S/C6H6F2N2O/c7-6(8)5-2-9-1-4(3-11)10-5/h1-2,6,11H,3H2. The van der Waals surface area contributed by atoms with Crippen molar-refractivity contribution < 1.29 is 13.9 Å². The predicted molar refractivity (Wildman–Crippen MR) is 32.9 cm³/mol.